The Morgan fingerprint density at radius 2 is 2.11 bits per heavy atom. The van der Waals surface area contributed by atoms with Gasteiger partial charge in [-0.15, -0.1) is 0 Å². The molecule has 0 spiro atoms. The van der Waals surface area contributed by atoms with Gasteiger partial charge in [0.1, 0.15) is 6.17 Å². The molecule has 4 N–H and O–H groups in total. The lowest BCUT2D eigenvalue weighted by Crippen LogP contribution is -2.52. The fraction of sp³-hybridized carbons (Fsp3) is 0.211. The summed E-state index contributed by atoms with van der Waals surface area (Å²) in [6.07, 6.45) is 4.43. The van der Waals surface area contributed by atoms with Crippen LogP contribution in [0.4, 0.5) is 0 Å². The lowest BCUT2D eigenvalue weighted by Gasteiger charge is -2.32. The predicted molar refractivity (Wildman–Crippen MR) is 101 cm³/mol. The lowest BCUT2D eigenvalue weighted by molar-refractivity contribution is -0.131. The number of hydrogen-bond acceptors (Lipinski definition) is 6. The molecule has 4 heterocycles. The van der Waals surface area contributed by atoms with Gasteiger partial charge in [0, 0.05) is 30.4 Å². The highest BCUT2D eigenvalue weighted by molar-refractivity contribution is 5.97. The van der Waals surface area contributed by atoms with Crippen LogP contribution in [0.3, 0.4) is 0 Å². The first-order chi connectivity index (χ1) is 13.1. The zero-order valence-corrected chi connectivity index (χ0v) is 14.7. The van der Waals surface area contributed by atoms with E-state index in [1.165, 1.54) is 0 Å². The van der Waals surface area contributed by atoms with E-state index in [-0.39, 0.29) is 18.0 Å². The zero-order chi connectivity index (χ0) is 18.5. The van der Waals surface area contributed by atoms with Crippen LogP contribution in [0, 0.1) is 0 Å². The van der Waals surface area contributed by atoms with Crippen LogP contribution in [-0.2, 0) is 11.8 Å². The van der Waals surface area contributed by atoms with Gasteiger partial charge in [0.05, 0.1) is 29.5 Å². The van der Waals surface area contributed by atoms with E-state index in [9.17, 15) is 4.79 Å². The van der Waals surface area contributed by atoms with E-state index >= 15 is 0 Å². The maximum atomic E-state index is 12.7. The molecule has 1 aromatic carbocycles. The van der Waals surface area contributed by atoms with E-state index in [4.69, 9.17) is 5.73 Å². The minimum absolute atomic E-state index is 0.131. The highest BCUT2D eigenvalue weighted by atomic mass is 16.2. The Morgan fingerprint density at radius 3 is 2.93 bits per heavy atom. The van der Waals surface area contributed by atoms with Crippen LogP contribution >= 0.6 is 0 Å². The van der Waals surface area contributed by atoms with Crippen LogP contribution in [0.1, 0.15) is 17.2 Å². The normalized spacial score (nSPS) is 24.7. The number of carbonyl (C=O) groups excluding carboxylic acids is 1. The van der Waals surface area contributed by atoms with Crippen molar-refractivity contribution in [3.8, 4) is 0 Å². The number of carbonyl (C=O) groups is 1. The van der Waals surface area contributed by atoms with Crippen molar-refractivity contribution in [3.05, 3.63) is 66.1 Å². The fourth-order valence-corrected chi connectivity index (χ4v) is 3.84. The summed E-state index contributed by atoms with van der Waals surface area (Å²) in [6.45, 7) is 0. The van der Waals surface area contributed by atoms with Crippen molar-refractivity contribution >= 4 is 22.5 Å². The fourth-order valence-electron chi connectivity index (χ4n) is 3.84. The third-order valence-corrected chi connectivity index (χ3v) is 5.19. The number of nitrogens with one attached hydrogen (secondary N) is 2. The van der Waals surface area contributed by atoms with Crippen molar-refractivity contribution in [2.75, 3.05) is 0 Å². The highest BCUT2D eigenvalue weighted by Gasteiger charge is 2.45. The second-order valence-corrected chi connectivity index (χ2v) is 6.83. The van der Waals surface area contributed by atoms with Gasteiger partial charge >= 0.3 is 0 Å². The van der Waals surface area contributed by atoms with Crippen molar-refractivity contribution < 1.29 is 4.79 Å². The number of amides is 1. The predicted octanol–water partition coefficient (Wildman–Crippen LogP) is 0.654. The third kappa shape index (κ3) is 2.49. The zero-order valence-electron chi connectivity index (χ0n) is 14.7. The van der Waals surface area contributed by atoms with Crippen LogP contribution in [0.5, 0.6) is 0 Å². The van der Waals surface area contributed by atoms with Crippen LogP contribution in [0.15, 0.2) is 54.9 Å². The van der Waals surface area contributed by atoms with Crippen LogP contribution in [0.2, 0.25) is 0 Å². The van der Waals surface area contributed by atoms with Crippen molar-refractivity contribution in [1.82, 2.24) is 30.5 Å². The summed E-state index contributed by atoms with van der Waals surface area (Å²) in [4.78, 5) is 17.1. The average molecular weight is 361 g/mol. The number of hydrazine groups is 1. The molecule has 1 saturated heterocycles. The third-order valence-electron chi connectivity index (χ3n) is 5.19. The number of pyridine rings is 1. The number of fused-ring (bicyclic) bond motifs is 2. The van der Waals surface area contributed by atoms with Gasteiger partial charge in [-0.2, -0.15) is 5.10 Å². The largest absolute Gasteiger partial charge is 0.363 e. The topological polar surface area (TPSA) is 101 Å². The Kier molecular flexibility index (Phi) is 3.49. The Hall–Kier alpha value is -3.23. The van der Waals surface area contributed by atoms with Gasteiger partial charge in [0.25, 0.3) is 5.91 Å². The second-order valence-electron chi connectivity index (χ2n) is 6.83. The molecule has 3 aromatic rings. The van der Waals surface area contributed by atoms with Crippen LogP contribution < -0.4 is 16.5 Å². The molecule has 3 atom stereocenters. The monoisotopic (exact) mass is 361 g/mol. The Balaban J connectivity index is 1.52. The van der Waals surface area contributed by atoms with E-state index in [0.29, 0.717) is 0 Å². The smallest absolute Gasteiger partial charge is 0.264 e. The maximum absolute atomic E-state index is 12.7. The summed E-state index contributed by atoms with van der Waals surface area (Å²) in [7, 11) is 1.91. The first-order valence-electron chi connectivity index (χ1n) is 8.78. The molecule has 2 aliphatic heterocycles. The molecule has 27 heavy (non-hydrogen) atoms. The summed E-state index contributed by atoms with van der Waals surface area (Å²) in [5, 5.41) is 10.3. The molecule has 2 aromatic heterocycles. The molecule has 2 aliphatic rings. The van der Waals surface area contributed by atoms with E-state index in [2.05, 4.69) is 20.8 Å². The Bertz CT molecular complexity index is 1060. The van der Waals surface area contributed by atoms with Crippen molar-refractivity contribution in [1.29, 1.82) is 0 Å². The number of nitrogens with two attached hydrogens (primary N) is 1. The number of benzene rings is 1. The lowest BCUT2D eigenvalue weighted by atomic mass is 9.97. The number of nitrogens with zero attached hydrogens (tertiary/aromatic N) is 4. The molecule has 1 amide bonds. The Labute approximate surface area is 155 Å². The van der Waals surface area contributed by atoms with Crippen LogP contribution in [0.25, 0.3) is 16.6 Å². The minimum Gasteiger partial charge on any atom is -0.363 e. The molecule has 8 nitrogen and oxygen atoms in total. The molecule has 0 saturated carbocycles. The van der Waals surface area contributed by atoms with Crippen molar-refractivity contribution in [2.45, 2.75) is 18.2 Å². The second kappa shape index (κ2) is 5.90. The molecule has 1 fully saturated rings. The summed E-state index contributed by atoms with van der Waals surface area (Å²) >= 11 is 0. The maximum Gasteiger partial charge on any atom is 0.264 e. The SMILES string of the molecule is Cn1ncc2cc(C3=CC(=O)N4NC(N)C(c5ccccn5)C4N3)ccc21. The highest BCUT2D eigenvalue weighted by Crippen LogP contribution is 2.32. The van der Waals surface area contributed by atoms with E-state index in [1.54, 1.807) is 17.3 Å². The number of hydrogen-bond donors (Lipinski definition) is 3. The molecule has 0 radical (unpaired) electrons. The van der Waals surface area contributed by atoms with Crippen molar-refractivity contribution in [2.24, 2.45) is 12.8 Å². The van der Waals surface area contributed by atoms with Gasteiger partial charge in [0.2, 0.25) is 0 Å². The summed E-state index contributed by atoms with van der Waals surface area (Å²) in [5.74, 6) is -0.296. The summed E-state index contributed by atoms with van der Waals surface area (Å²) < 4.78 is 1.83. The standard InChI is InChI=1S/C19H19N7O/c1-25-15-6-5-11(8-12(15)10-22-25)14-9-16(27)26-19(23-14)17(18(20)24-26)13-4-2-3-7-21-13/h2-10,17-19,23-24H,20H2,1H3. The van der Waals surface area contributed by atoms with Gasteiger partial charge < -0.3 is 11.1 Å². The molecule has 3 unspecified atom stereocenters. The quantitative estimate of drug-likeness (QED) is 0.620. The van der Waals surface area contributed by atoms with Crippen LogP contribution in [-0.4, -0.2) is 38.0 Å². The summed E-state index contributed by atoms with van der Waals surface area (Å²) in [5.41, 5.74) is 12.9. The number of rotatable bonds is 2. The molecule has 0 bridgehead atoms. The van der Waals surface area contributed by atoms with Gasteiger partial charge in [-0.05, 0) is 29.8 Å². The molecule has 5 rings (SSSR count). The minimum atomic E-state index is -0.407. The van der Waals surface area contributed by atoms with E-state index in [1.807, 2.05) is 54.3 Å². The summed E-state index contributed by atoms with van der Waals surface area (Å²) in [6, 6.07) is 11.7. The first kappa shape index (κ1) is 16.0. The van der Waals surface area contributed by atoms with Gasteiger partial charge in [-0.3, -0.25) is 14.5 Å². The van der Waals surface area contributed by atoms with Crippen molar-refractivity contribution in [3.63, 3.8) is 0 Å². The van der Waals surface area contributed by atoms with Gasteiger partial charge in [-0.25, -0.2) is 10.4 Å². The van der Waals surface area contributed by atoms with Gasteiger partial charge in [-0.1, -0.05) is 12.1 Å². The molecule has 136 valence electrons. The average Bonchev–Trinajstić information content (AvgIpc) is 3.22. The molecule has 0 aliphatic carbocycles. The number of aryl methyl sites for hydroxylation is 1. The Morgan fingerprint density at radius 1 is 1.22 bits per heavy atom. The first-order valence-corrected chi connectivity index (χ1v) is 8.78. The molecular formula is C19H19N7O. The molecule has 8 heteroatoms. The molecular weight excluding hydrogens is 342 g/mol. The number of aromatic nitrogens is 3. The van der Waals surface area contributed by atoms with E-state index < -0.39 is 6.17 Å². The van der Waals surface area contributed by atoms with Gasteiger partial charge in [0.15, 0.2) is 0 Å². The van der Waals surface area contributed by atoms with E-state index in [0.717, 1.165) is 27.9 Å².